The first-order valence-electron chi connectivity index (χ1n) is 8.31. The lowest BCUT2D eigenvalue weighted by Crippen LogP contribution is -2.43. The van der Waals surface area contributed by atoms with E-state index in [0.29, 0.717) is 12.1 Å². The molecule has 2 aliphatic carbocycles. The summed E-state index contributed by atoms with van der Waals surface area (Å²) in [7, 11) is 0. The van der Waals surface area contributed by atoms with Gasteiger partial charge in [-0.1, -0.05) is 31.9 Å². The molecule has 0 spiro atoms. The lowest BCUT2D eigenvalue weighted by Gasteiger charge is -2.29. The lowest BCUT2D eigenvalue weighted by molar-refractivity contribution is -0.136. The third-order valence-electron chi connectivity index (χ3n) is 4.64. The molecule has 0 N–H and O–H groups in total. The molecule has 1 amide bonds. The number of aryl methyl sites for hydroxylation is 1. The first-order chi connectivity index (χ1) is 10.3. The van der Waals surface area contributed by atoms with Crippen LogP contribution in [0.4, 0.5) is 0 Å². The highest BCUT2D eigenvalue weighted by molar-refractivity contribution is 5.78. The van der Waals surface area contributed by atoms with E-state index in [0.717, 1.165) is 12.2 Å². The summed E-state index contributed by atoms with van der Waals surface area (Å²) in [5.41, 5.74) is 1.29. The third kappa shape index (κ3) is 3.58. The van der Waals surface area contributed by atoms with Gasteiger partial charge >= 0.3 is 0 Å². The number of rotatable bonds is 6. The van der Waals surface area contributed by atoms with Crippen LogP contribution in [0, 0.1) is 0 Å². The second-order valence-electron chi connectivity index (χ2n) is 6.26. The van der Waals surface area contributed by atoms with Gasteiger partial charge in [0.15, 0.2) is 6.61 Å². The molecule has 0 radical (unpaired) electrons. The molecule has 2 saturated carbocycles. The van der Waals surface area contributed by atoms with Crippen LogP contribution in [-0.4, -0.2) is 29.5 Å². The van der Waals surface area contributed by atoms with Crippen LogP contribution in [0.2, 0.25) is 0 Å². The molecule has 3 nitrogen and oxygen atoms in total. The lowest BCUT2D eigenvalue weighted by atomic mass is 10.2. The molecule has 2 aliphatic rings. The average molecular weight is 287 g/mol. The number of hydrogen-bond acceptors (Lipinski definition) is 2. The number of hydrogen-bond donors (Lipinski definition) is 0. The SMILES string of the molecule is CCc1ccc(OCC(=O)N(C2CCCC2)C2CC2)cc1. The van der Waals surface area contributed by atoms with Crippen LogP contribution in [0.1, 0.15) is 51.0 Å². The fraction of sp³-hybridized carbons (Fsp3) is 0.611. The summed E-state index contributed by atoms with van der Waals surface area (Å²) >= 11 is 0. The standard InChI is InChI=1S/C18H25NO2/c1-2-14-7-11-17(12-8-14)21-13-18(20)19(16-9-10-16)15-5-3-4-6-15/h7-8,11-12,15-16H,2-6,9-10,13H2,1H3. The molecule has 1 aromatic carbocycles. The number of amides is 1. The van der Waals surface area contributed by atoms with Crippen LogP contribution < -0.4 is 4.74 Å². The zero-order valence-corrected chi connectivity index (χ0v) is 12.9. The predicted molar refractivity (Wildman–Crippen MR) is 83.4 cm³/mol. The molecule has 0 aromatic heterocycles. The summed E-state index contributed by atoms with van der Waals surface area (Å²) < 4.78 is 5.69. The number of ether oxygens (including phenoxy) is 1. The van der Waals surface area contributed by atoms with Crippen molar-refractivity contribution >= 4 is 5.91 Å². The minimum absolute atomic E-state index is 0.170. The normalized spacial score (nSPS) is 18.7. The highest BCUT2D eigenvalue weighted by Crippen LogP contribution is 2.34. The Kier molecular flexibility index (Phi) is 4.47. The van der Waals surface area contributed by atoms with Crippen molar-refractivity contribution in [3.05, 3.63) is 29.8 Å². The summed E-state index contributed by atoms with van der Waals surface area (Å²) in [5, 5.41) is 0. The Balaban J connectivity index is 1.56. The van der Waals surface area contributed by atoms with E-state index in [2.05, 4.69) is 24.0 Å². The van der Waals surface area contributed by atoms with E-state index in [9.17, 15) is 4.79 Å². The van der Waals surface area contributed by atoms with Gasteiger partial charge in [-0.15, -0.1) is 0 Å². The number of carbonyl (C=O) groups is 1. The van der Waals surface area contributed by atoms with Gasteiger partial charge in [0, 0.05) is 12.1 Å². The van der Waals surface area contributed by atoms with Crippen molar-refractivity contribution in [2.45, 2.75) is 64.0 Å². The largest absolute Gasteiger partial charge is 0.484 e. The molecule has 114 valence electrons. The van der Waals surface area contributed by atoms with Crippen LogP contribution >= 0.6 is 0 Å². The molecular weight excluding hydrogens is 262 g/mol. The first kappa shape index (κ1) is 14.4. The Bertz CT molecular complexity index is 472. The van der Waals surface area contributed by atoms with Crippen LogP contribution in [0.5, 0.6) is 5.75 Å². The van der Waals surface area contributed by atoms with Gasteiger partial charge in [-0.25, -0.2) is 0 Å². The molecule has 0 saturated heterocycles. The van der Waals surface area contributed by atoms with Crippen molar-refractivity contribution in [1.29, 1.82) is 0 Å². The summed E-state index contributed by atoms with van der Waals surface area (Å²) in [5.74, 6) is 0.965. The Morgan fingerprint density at radius 3 is 2.29 bits per heavy atom. The van der Waals surface area contributed by atoms with E-state index in [1.807, 2.05) is 12.1 Å². The van der Waals surface area contributed by atoms with E-state index in [4.69, 9.17) is 4.74 Å². The zero-order chi connectivity index (χ0) is 14.7. The molecule has 2 fully saturated rings. The Morgan fingerprint density at radius 1 is 1.10 bits per heavy atom. The molecule has 0 unspecified atom stereocenters. The Morgan fingerprint density at radius 2 is 1.71 bits per heavy atom. The fourth-order valence-corrected chi connectivity index (χ4v) is 3.28. The minimum Gasteiger partial charge on any atom is -0.484 e. The summed E-state index contributed by atoms with van der Waals surface area (Å²) in [4.78, 5) is 14.6. The van der Waals surface area contributed by atoms with Crippen molar-refractivity contribution in [3.8, 4) is 5.75 Å². The molecule has 3 rings (SSSR count). The van der Waals surface area contributed by atoms with Gasteiger partial charge in [0.2, 0.25) is 0 Å². The zero-order valence-electron chi connectivity index (χ0n) is 12.9. The van der Waals surface area contributed by atoms with E-state index >= 15 is 0 Å². The third-order valence-corrected chi connectivity index (χ3v) is 4.64. The average Bonchev–Trinajstić information content (AvgIpc) is 3.20. The van der Waals surface area contributed by atoms with Crippen molar-refractivity contribution in [1.82, 2.24) is 4.90 Å². The van der Waals surface area contributed by atoms with Crippen LogP contribution in [-0.2, 0) is 11.2 Å². The fourth-order valence-electron chi connectivity index (χ4n) is 3.28. The van der Waals surface area contributed by atoms with Gasteiger partial charge in [0.1, 0.15) is 5.75 Å². The van der Waals surface area contributed by atoms with E-state index in [1.54, 1.807) is 0 Å². The second kappa shape index (κ2) is 6.50. The highest BCUT2D eigenvalue weighted by Gasteiger charge is 2.38. The van der Waals surface area contributed by atoms with Gasteiger partial charge < -0.3 is 9.64 Å². The minimum atomic E-state index is 0.170. The molecule has 0 atom stereocenters. The Labute approximate surface area is 127 Å². The maximum absolute atomic E-state index is 12.5. The Hall–Kier alpha value is -1.51. The highest BCUT2D eigenvalue weighted by atomic mass is 16.5. The van der Waals surface area contributed by atoms with Crippen molar-refractivity contribution in [3.63, 3.8) is 0 Å². The van der Waals surface area contributed by atoms with E-state index in [1.165, 1.54) is 44.1 Å². The second-order valence-corrected chi connectivity index (χ2v) is 6.26. The van der Waals surface area contributed by atoms with Gasteiger partial charge in [0.25, 0.3) is 5.91 Å². The molecular formula is C18H25NO2. The molecule has 0 aliphatic heterocycles. The smallest absolute Gasteiger partial charge is 0.261 e. The van der Waals surface area contributed by atoms with Crippen molar-refractivity contribution < 1.29 is 9.53 Å². The quantitative estimate of drug-likeness (QED) is 0.800. The maximum atomic E-state index is 12.5. The van der Waals surface area contributed by atoms with Gasteiger partial charge in [-0.05, 0) is 49.8 Å². The number of benzene rings is 1. The van der Waals surface area contributed by atoms with E-state index in [-0.39, 0.29) is 12.5 Å². The van der Waals surface area contributed by atoms with Gasteiger partial charge in [-0.3, -0.25) is 4.79 Å². The summed E-state index contributed by atoms with van der Waals surface area (Å²) in [6.07, 6.45) is 8.25. The predicted octanol–water partition coefficient (Wildman–Crippen LogP) is 3.56. The molecule has 1 aromatic rings. The van der Waals surface area contributed by atoms with E-state index < -0.39 is 0 Å². The van der Waals surface area contributed by atoms with Crippen LogP contribution in [0.15, 0.2) is 24.3 Å². The molecule has 0 heterocycles. The van der Waals surface area contributed by atoms with Crippen LogP contribution in [0.3, 0.4) is 0 Å². The van der Waals surface area contributed by atoms with Gasteiger partial charge in [-0.2, -0.15) is 0 Å². The first-order valence-corrected chi connectivity index (χ1v) is 8.31. The number of nitrogens with zero attached hydrogens (tertiary/aromatic N) is 1. The summed E-state index contributed by atoms with van der Waals surface area (Å²) in [6.45, 7) is 2.31. The van der Waals surface area contributed by atoms with Crippen LogP contribution in [0.25, 0.3) is 0 Å². The van der Waals surface area contributed by atoms with Crippen molar-refractivity contribution in [2.75, 3.05) is 6.61 Å². The molecule has 21 heavy (non-hydrogen) atoms. The summed E-state index contributed by atoms with van der Waals surface area (Å²) in [6, 6.07) is 9.01. The topological polar surface area (TPSA) is 29.5 Å². The molecule has 3 heteroatoms. The monoisotopic (exact) mass is 287 g/mol. The van der Waals surface area contributed by atoms with Gasteiger partial charge in [0.05, 0.1) is 0 Å². The number of carbonyl (C=O) groups excluding carboxylic acids is 1. The van der Waals surface area contributed by atoms with Crippen molar-refractivity contribution in [2.24, 2.45) is 0 Å². The maximum Gasteiger partial charge on any atom is 0.261 e. The molecule has 0 bridgehead atoms.